The van der Waals surface area contributed by atoms with Crippen molar-refractivity contribution in [1.82, 2.24) is 0 Å². The molecule has 0 fully saturated rings. The topological polar surface area (TPSA) is 3.24 Å². The summed E-state index contributed by atoms with van der Waals surface area (Å²) >= 11 is 0. The number of hydrogen-bond donors (Lipinski definition) is 0. The van der Waals surface area contributed by atoms with Gasteiger partial charge < -0.3 is 4.90 Å². The lowest BCUT2D eigenvalue weighted by Crippen LogP contribution is -2.09. The second-order valence-electron chi connectivity index (χ2n) is 13.9. The van der Waals surface area contributed by atoms with Crippen LogP contribution >= 0.6 is 0 Å². The van der Waals surface area contributed by atoms with Gasteiger partial charge in [0.25, 0.3) is 0 Å². The van der Waals surface area contributed by atoms with Gasteiger partial charge in [0, 0.05) is 17.1 Å². The predicted molar refractivity (Wildman–Crippen MR) is 251 cm³/mol. The van der Waals surface area contributed by atoms with Gasteiger partial charge in [-0.25, -0.2) is 0 Å². The van der Waals surface area contributed by atoms with Crippen molar-refractivity contribution in [2.45, 2.75) is 0 Å². The molecular weight excluding hydrogens is 711 g/mol. The number of fused-ring (bicyclic) bond motifs is 1. The van der Waals surface area contributed by atoms with Crippen molar-refractivity contribution in [3.05, 3.63) is 248 Å². The van der Waals surface area contributed by atoms with Gasteiger partial charge in [-0.1, -0.05) is 194 Å². The Morgan fingerprint density at radius 2 is 0.746 bits per heavy atom. The highest BCUT2D eigenvalue weighted by Gasteiger charge is 2.17. The molecule has 0 heterocycles. The smallest absolute Gasteiger partial charge is 0.0645 e. The first-order valence-corrected chi connectivity index (χ1v) is 19.2. The Morgan fingerprint density at radius 3 is 1.31 bits per heavy atom. The van der Waals surface area contributed by atoms with Gasteiger partial charge in [0.1, 0.15) is 0 Å². The van der Waals surface area contributed by atoms with Crippen LogP contribution in [0.1, 0.15) is 17.8 Å². The first kappa shape index (κ1) is 24.1. The third-order valence-electron chi connectivity index (χ3n) is 10.3. The summed E-state index contributed by atoms with van der Waals surface area (Å²) in [5.74, 6) is 0. The first-order chi connectivity index (χ1) is 34.7. The molecule has 0 saturated heterocycles. The van der Waals surface area contributed by atoms with Crippen molar-refractivity contribution < 1.29 is 17.8 Å². The molecule has 0 radical (unpaired) electrons. The normalized spacial score (nSPS) is 14.1. The summed E-state index contributed by atoms with van der Waals surface area (Å²) in [4.78, 5) is 1.19. The predicted octanol–water partition coefficient (Wildman–Crippen LogP) is 16.3. The van der Waals surface area contributed by atoms with E-state index in [0.717, 1.165) is 55.3 Å². The molecule has 59 heavy (non-hydrogen) atoms. The van der Waals surface area contributed by atoms with E-state index in [0.29, 0.717) is 5.56 Å². The lowest BCUT2D eigenvalue weighted by molar-refractivity contribution is 1.28. The van der Waals surface area contributed by atoms with Crippen molar-refractivity contribution in [3.8, 4) is 66.8 Å². The summed E-state index contributed by atoms with van der Waals surface area (Å²) in [5, 5.41) is 2.05. The molecule has 10 rings (SSSR count). The average Bonchev–Trinajstić information content (AvgIpc) is 3.41. The third-order valence-corrected chi connectivity index (χ3v) is 10.3. The molecule has 0 N–H and O–H groups in total. The molecule has 0 aliphatic rings. The third kappa shape index (κ3) is 7.34. The molecule has 0 aliphatic carbocycles. The lowest BCUT2D eigenvalue weighted by atomic mass is 9.90. The van der Waals surface area contributed by atoms with Gasteiger partial charge in [0.05, 0.1) is 17.8 Å². The Kier molecular flexibility index (Phi) is 6.55. The van der Waals surface area contributed by atoms with Crippen LogP contribution in [-0.2, 0) is 0 Å². The molecule has 278 valence electrons. The highest BCUT2D eigenvalue weighted by atomic mass is 15.1. The van der Waals surface area contributed by atoms with Crippen molar-refractivity contribution >= 4 is 27.8 Å². The molecule has 10 aromatic rings. The second kappa shape index (κ2) is 16.0. The van der Waals surface area contributed by atoms with Gasteiger partial charge in [-0.05, 0) is 132 Å². The van der Waals surface area contributed by atoms with E-state index < -0.39 is 95.4 Å². The fourth-order valence-corrected chi connectivity index (χ4v) is 7.43. The van der Waals surface area contributed by atoms with E-state index in [1.807, 2.05) is 140 Å². The molecule has 0 saturated carbocycles. The zero-order valence-electron chi connectivity index (χ0n) is 44.6. The molecular formula is C58H41N. The van der Waals surface area contributed by atoms with Crippen LogP contribution in [0.3, 0.4) is 0 Å². The van der Waals surface area contributed by atoms with Gasteiger partial charge in [-0.2, -0.15) is 0 Å². The summed E-state index contributed by atoms with van der Waals surface area (Å²) < 4.78 is 119. The van der Waals surface area contributed by atoms with Crippen LogP contribution in [-0.4, -0.2) is 0 Å². The average molecular weight is 765 g/mol. The summed E-state index contributed by atoms with van der Waals surface area (Å²) in [6.07, 6.45) is 0. The number of hydrogen-bond acceptors (Lipinski definition) is 1. The summed E-state index contributed by atoms with van der Waals surface area (Å²) in [6.45, 7) is 0. The second-order valence-corrected chi connectivity index (χ2v) is 13.9. The standard InChI is InChI=1S/C58H41N/c1-5-15-42(16-6-1)45-25-32-53(33-26-45)59(55-36-29-48(30-37-55)57-38-31-47-21-13-14-24-56(47)58(57)49-22-11-4-12-23-49)54-34-27-46(28-35-54)52-40-50(43-17-7-2-8-18-43)39-51(41-52)44-19-9-3-10-20-44/h1-41H/i1D,5D,6D,15D,16D,25D,26D,27D,28D,32D,33D,34D,35D. The van der Waals surface area contributed by atoms with Crippen LogP contribution in [0.2, 0.25) is 0 Å². The quantitative estimate of drug-likeness (QED) is 0.141. The Morgan fingerprint density at radius 1 is 0.288 bits per heavy atom. The number of anilines is 3. The monoisotopic (exact) mass is 764 g/mol. The minimum atomic E-state index is -0.743. The Hall–Kier alpha value is -7.74. The van der Waals surface area contributed by atoms with Gasteiger partial charge in [-0.15, -0.1) is 0 Å². The highest BCUT2D eigenvalue weighted by Crippen LogP contribution is 2.42. The van der Waals surface area contributed by atoms with Crippen molar-refractivity contribution in [3.63, 3.8) is 0 Å². The van der Waals surface area contributed by atoms with Crippen LogP contribution in [0, 0.1) is 0 Å². The van der Waals surface area contributed by atoms with Crippen LogP contribution in [0.15, 0.2) is 248 Å². The molecule has 0 unspecified atom stereocenters. The van der Waals surface area contributed by atoms with E-state index in [1.54, 1.807) is 24.3 Å². The number of nitrogens with zero attached hydrogens (tertiary/aromatic N) is 1. The summed E-state index contributed by atoms with van der Waals surface area (Å²) in [7, 11) is 0. The minimum absolute atomic E-state index is 0.000143. The maximum Gasteiger partial charge on any atom is 0.0645 e. The highest BCUT2D eigenvalue weighted by molar-refractivity contribution is 6.04. The molecule has 1 heteroatoms. The van der Waals surface area contributed by atoms with Gasteiger partial charge >= 0.3 is 0 Å². The Bertz CT molecular complexity index is 3630. The van der Waals surface area contributed by atoms with E-state index in [4.69, 9.17) is 6.85 Å². The number of benzene rings is 10. The van der Waals surface area contributed by atoms with Gasteiger partial charge in [0.15, 0.2) is 0 Å². The van der Waals surface area contributed by atoms with E-state index in [-0.39, 0.29) is 16.9 Å². The largest absolute Gasteiger partial charge is 0.311 e. The van der Waals surface area contributed by atoms with E-state index >= 15 is 0 Å². The number of rotatable bonds is 9. The Balaban J connectivity index is 1.22. The molecule has 0 aromatic heterocycles. The molecule has 0 bridgehead atoms. The van der Waals surface area contributed by atoms with Crippen molar-refractivity contribution in [1.29, 1.82) is 0 Å². The van der Waals surface area contributed by atoms with E-state index in [9.17, 15) is 11.0 Å². The van der Waals surface area contributed by atoms with E-state index in [2.05, 4.69) is 6.07 Å². The van der Waals surface area contributed by atoms with Crippen LogP contribution in [0.5, 0.6) is 0 Å². The van der Waals surface area contributed by atoms with Gasteiger partial charge in [0.2, 0.25) is 0 Å². The first-order valence-electron chi connectivity index (χ1n) is 25.7. The van der Waals surface area contributed by atoms with E-state index in [1.165, 1.54) is 4.90 Å². The van der Waals surface area contributed by atoms with Gasteiger partial charge in [-0.3, -0.25) is 0 Å². The molecule has 0 aliphatic heterocycles. The summed E-state index contributed by atoms with van der Waals surface area (Å²) in [5.41, 5.74) is 5.60. The molecule has 0 amide bonds. The zero-order valence-corrected chi connectivity index (χ0v) is 31.6. The molecule has 0 atom stereocenters. The van der Waals surface area contributed by atoms with Crippen LogP contribution in [0.4, 0.5) is 17.1 Å². The molecule has 0 spiro atoms. The lowest BCUT2D eigenvalue weighted by Gasteiger charge is -2.26. The Labute approximate surface area is 365 Å². The maximum atomic E-state index is 9.76. The maximum absolute atomic E-state index is 9.76. The van der Waals surface area contributed by atoms with Crippen LogP contribution < -0.4 is 4.90 Å². The van der Waals surface area contributed by atoms with Crippen molar-refractivity contribution in [2.24, 2.45) is 0 Å². The minimum Gasteiger partial charge on any atom is -0.311 e. The molecule has 1 nitrogen and oxygen atoms in total. The zero-order chi connectivity index (χ0) is 50.7. The fraction of sp³-hybridized carbons (Fsp3) is 0. The van der Waals surface area contributed by atoms with Crippen LogP contribution in [0.25, 0.3) is 77.5 Å². The SMILES string of the molecule is [2H]c1c([2H])c([2H])c(-c2c([2H])c([2H])c(N(c3ccc(-c4ccc5ccccc5c4-c4ccccc4)cc3)c3c([2H])c([2H])c(-c4cc(-c5ccccc5)cc(-c5ccccc5)c4)c([2H])c3[2H])c([2H])c2[2H])c([2H])c1[2H]. The van der Waals surface area contributed by atoms with Crippen molar-refractivity contribution in [2.75, 3.05) is 4.90 Å². The fourth-order valence-electron chi connectivity index (χ4n) is 7.43. The molecule has 10 aromatic carbocycles. The summed E-state index contributed by atoms with van der Waals surface area (Å²) in [6, 6.07) is 45.4.